The van der Waals surface area contributed by atoms with Gasteiger partial charge in [0, 0.05) is 25.4 Å². The Morgan fingerprint density at radius 2 is 1.80 bits per heavy atom. The first-order chi connectivity index (χ1) is 14.4. The van der Waals surface area contributed by atoms with Crippen LogP contribution in [-0.2, 0) is 21.1 Å². The lowest BCUT2D eigenvalue weighted by atomic mass is 10.1. The van der Waals surface area contributed by atoms with Crippen LogP contribution in [0.1, 0.15) is 33.9 Å². The van der Waals surface area contributed by atoms with Gasteiger partial charge in [0.15, 0.2) is 9.84 Å². The molecule has 0 unspecified atom stereocenters. The summed E-state index contributed by atoms with van der Waals surface area (Å²) in [5.74, 6) is -0.177. The number of rotatable bonds is 8. The van der Waals surface area contributed by atoms with Gasteiger partial charge in [-0.3, -0.25) is 9.78 Å². The predicted molar refractivity (Wildman–Crippen MR) is 118 cm³/mol. The van der Waals surface area contributed by atoms with E-state index in [4.69, 9.17) is 0 Å². The third kappa shape index (κ3) is 5.33. The van der Waals surface area contributed by atoms with Crippen LogP contribution in [0.15, 0.2) is 78.0 Å². The summed E-state index contributed by atoms with van der Waals surface area (Å²) in [6, 6.07) is 18.6. The minimum atomic E-state index is -3.72. The number of carbonyl (C=O) groups is 1. The van der Waals surface area contributed by atoms with Gasteiger partial charge in [-0.2, -0.15) is 0 Å². The van der Waals surface area contributed by atoms with E-state index in [1.54, 1.807) is 43.6 Å². The van der Waals surface area contributed by atoms with E-state index in [1.807, 2.05) is 43.3 Å². The zero-order valence-corrected chi connectivity index (χ0v) is 18.0. The van der Waals surface area contributed by atoms with Crippen LogP contribution in [0.5, 0.6) is 0 Å². The standard InChI is InChI=1S/C24H26N2O3S/c1-18-10-11-19(2)22(15-18)30(28,29)23(21-9-6-14-25-16-21)17-26-24(27)13-12-20-7-4-3-5-8-20/h3-11,14-16,23H,12-13,17H2,1-2H3,(H,26,27)/t23-/m0/s1. The minimum absolute atomic E-state index is 0.00493. The van der Waals surface area contributed by atoms with Crippen LogP contribution in [-0.4, -0.2) is 25.9 Å². The largest absolute Gasteiger partial charge is 0.354 e. The molecule has 0 saturated heterocycles. The summed E-state index contributed by atoms with van der Waals surface area (Å²) in [5.41, 5.74) is 3.18. The quantitative estimate of drug-likeness (QED) is 0.596. The van der Waals surface area contributed by atoms with Crippen molar-refractivity contribution in [2.75, 3.05) is 6.54 Å². The molecule has 0 fully saturated rings. The third-order valence-electron chi connectivity index (χ3n) is 5.05. The van der Waals surface area contributed by atoms with Crippen molar-refractivity contribution in [2.24, 2.45) is 0 Å². The van der Waals surface area contributed by atoms with Gasteiger partial charge in [0.25, 0.3) is 0 Å². The molecule has 0 radical (unpaired) electrons. The van der Waals surface area contributed by atoms with Crippen LogP contribution in [0.2, 0.25) is 0 Å². The first kappa shape index (κ1) is 21.7. The zero-order valence-electron chi connectivity index (χ0n) is 17.2. The SMILES string of the molecule is Cc1ccc(C)c(S(=O)(=O)[C@@H](CNC(=O)CCc2ccccc2)c2cccnc2)c1. The molecule has 1 heterocycles. The summed E-state index contributed by atoms with van der Waals surface area (Å²) in [6.07, 6.45) is 4.05. The van der Waals surface area contributed by atoms with Crippen molar-refractivity contribution in [1.29, 1.82) is 0 Å². The molecule has 0 aliphatic rings. The van der Waals surface area contributed by atoms with Crippen molar-refractivity contribution < 1.29 is 13.2 Å². The summed E-state index contributed by atoms with van der Waals surface area (Å²) in [6.45, 7) is 3.64. The van der Waals surface area contributed by atoms with Crippen molar-refractivity contribution in [1.82, 2.24) is 10.3 Å². The molecule has 0 spiro atoms. The Bertz CT molecular complexity index is 1100. The zero-order chi connectivity index (χ0) is 21.6. The van der Waals surface area contributed by atoms with E-state index in [-0.39, 0.29) is 17.3 Å². The number of nitrogens with one attached hydrogen (secondary N) is 1. The number of nitrogens with zero attached hydrogens (tertiary/aromatic N) is 1. The second kappa shape index (κ2) is 9.67. The van der Waals surface area contributed by atoms with E-state index in [0.717, 1.165) is 11.1 Å². The average Bonchev–Trinajstić information content (AvgIpc) is 2.75. The molecule has 1 aromatic heterocycles. The molecule has 0 saturated carbocycles. The van der Waals surface area contributed by atoms with Crippen LogP contribution < -0.4 is 5.32 Å². The first-order valence-corrected chi connectivity index (χ1v) is 11.4. The number of pyridine rings is 1. The van der Waals surface area contributed by atoms with Gasteiger partial charge in [0.1, 0.15) is 5.25 Å². The summed E-state index contributed by atoms with van der Waals surface area (Å²) in [4.78, 5) is 16.8. The summed E-state index contributed by atoms with van der Waals surface area (Å²) < 4.78 is 27.0. The fourth-order valence-electron chi connectivity index (χ4n) is 3.34. The summed E-state index contributed by atoms with van der Waals surface area (Å²) >= 11 is 0. The monoisotopic (exact) mass is 422 g/mol. The highest BCUT2D eigenvalue weighted by Gasteiger charge is 2.31. The number of sulfone groups is 1. The van der Waals surface area contributed by atoms with Crippen LogP contribution >= 0.6 is 0 Å². The van der Waals surface area contributed by atoms with Crippen LogP contribution in [0.4, 0.5) is 0 Å². The van der Waals surface area contributed by atoms with Crippen molar-refractivity contribution in [3.05, 3.63) is 95.3 Å². The third-order valence-corrected chi connectivity index (χ3v) is 7.29. The number of hydrogen-bond donors (Lipinski definition) is 1. The van der Waals surface area contributed by atoms with Gasteiger partial charge >= 0.3 is 0 Å². The minimum Gasteiger partial charge on any atom is -0.354 e. The highest BCUT2D eigenvalue weighted by atomic mass is 32.2. The van der Waals surface area contributed by atoms with Crippen molar-refractivity contribution in [2.45, 2.75) is 36.8 Å². The Balaban J connectivity index is 1.80. The second-order valence-corrected chi connectivity index (χ2v) is 9.48. The molecule has 0 aliphatic carbocycles. The van der Waals surface area contributed by atoms with Crippen molar-refractivity contribution in [3.63, 3.8) is 0 Å². The van der Waals surface area contributed by atoms with Crippen molar-refractivity contribution in [3.8, 4) is 0 Å². The topological polar surface area (TPSA) is 76.1 Å². The Labute approximate surface area is 178 Å². The predicted octanol–water partition coefficient (Wildman–Crippen LogP) is 3.96. The van der Waals surface area contributed by atoms with Crippen molar-refractivity contribution >= 4 is 15.7 Å². The molecular formula is C24H26N2O3S. The Hall–Kier alpha value is -2.99. The Morgan fingerprint density at radius 3 is 2.50 bits per heavy atom. The van der Waals surface area contributed by atoms with E-state index >= 15 is 0 Å². The fourth-order valence-corrected chi connectivity index (χ4v) is 5.31. The van der Waals surface area contributed by atoms with Gasteiger partial charge in [-0.25, -0.2) is 8.42 Å². The van der Waals surface area contributed by atoms with E-state index in [0.29, 0.717) is 24.0 Å². The Morgan fingerprint density at radius 1 is 1.03 bits per heavy atom. The molecule has 0 aliphatic heterocycles. The van der Waals surface area contributed by atoms with Gasteiger partial charge in [-0.15, -0.1) is 0 Å². The molecule has 1 amide bonds. The number of aryl methyl sites for hydroxylation is 3. The van der Waals surface area contributed by atoms with Crippen LogP contribution in [0, 0.1) is 13.8 Å². The highest BCUT2D eigenvalue weighted by Crippen LogP contribution is 2.30. The Kier molecular flexibility index (Phi) is 7.00. The number of hydrogen-bond acceptors (Lipinski definition) is 4. The maximum atomic E-state index is 13.5. The smallest absolute Gasteiger partial charge is 0.220 e. The van der Waals surface area contributed by atoms with E-state index in [1.165, 1.54) is 0 Å². The maximum absolute atomic E-state index is 13.5. The average molecular weight is 423 g/mol. The molecule has 2 aromatic carbocycles. The molecular weight excluding hydrogens is 396 g/mol. The summed E-state index contributed by atoms with van der Waals surface area (Å²) in [5, 5.41) is 1.91. The molecule has 156 valence electrons. The van der Waals surface area contributed by atoms with Crippen LogP contribution in [0.25, 0.3) is 0 Å². The lowest BCUT2D eigenvalue weighted by Crippen LogP contribution is -2.32. The fraction of sp³-hybridized carbons (Fsp3) is 0.250. The number of aromatic nitrogens is 1. The first-order valence-electron chi connectivity index (χ1n) is 9.89. The second-order valence-electron chi connectivity index (χ2n) is 7.38. The normalized spacial score (nSPS) is 12.3. The molecule has 0 bridgehead atoms. The molecule has 1 atom stereocenters. The highest BCUT2D eigenvalue weighted by molar-refractivity contribution is 7.91. The number of amides is 1. The molecule has 3 aromatic rings. The molecule has 3 rings (SSSR count). The van der Waals surface area contributed by atoms with E-state index in [2.05, 4.69) is 10.3 Å². The van der Waals surface area contributed by atoms with Gasteiger partial charge in [0.05, 0.1) is 4.90 Å². The van der Waals surface area contributed by atoms with Gasteiger partial charge in [0.2, 0.25) is 5.91 Å². The lowest BCUT2D eigenvalue weighted by Gasteiger charge is -2.20. The van der Waals surface area contributed by atoms with Gasteiger partial charge in [-0.1, -0.05) is 48.5 Å². The molecule has 1 N–H and O–H groups in total. The summed E-state index contributed by atoms with van der Waals surface area (Å²) in [7, 11) is -3.72. The molecule has 6 heteroatoms. The van der Waals surface area contributed by atoms with Gasteiger partial charge < -0.3 is 5.32 Å². The number of carbonyl (C=O) groups excluding carboxylic acids is 1. The molecule has 30 heavy (non-hydrogen) atoms. The van der Waals surface area contributed by atoms with E-state index < -0.39 is 15.1 Å². The van der Waals surface area contributed by atoms with Crippen LogP contribution in [0.3, 0.4) is 0 Å². The number of benzene rings is 2. The van der Waals surface area contributed by atoms with E-state index in [9.17, 15) is 13.2 Å². The molecule has 5 nitrogen and oxygen atoms in total. The lowest BCUT2D eigenvalue weighted by molar-refractivity contribution is -0.121. The van der Waals surface area contributed by atoms with Gasteiger partial charge in [-0.05, 0) is 54.7 Å². The maximum Gasteiger partial charge on any atom is 0.220 e.